The molecule has 22 heavy (non-hydrogen) atoms. The third-order valence-electron chi connectivity index (χ3n) is 9.12. The summed E-state index contributed by atoms with van der Waals surface area (Å²) in [6, 6.07) is 0. The topological polar surface area (TPSA) is 17.1 Å². The average Bonchev–Trinajstić information content (AvgIpc) is 2.76. The minimum atomic E-state index is 0.269. The van der Waals surface area contributed by atoms with Crippen LogP contribution in [-0.2, 0) is 4.79 Å². The summed E-state index contributed by atoms with van der Waals surface area (Å²) in [7, 11) is 0. The molecule has 4 aliphatic carbocycles. The zero-order valence-corrected chi connectivity index (χ0v) is 14.8. The van der Waals surface area contributed by atoms with Crippen molar-refractivity contribution in [3.8, 4) is 0 Å². The van der Waals surface area contributed by atoms with E-state index in [4.69, 9.17) is 0 Å². The molecule has 0 heterocycles. The molecule has 1 heteroatoms. The van der Waals surface area contributed by atoms with E-state index >= 15 is 0 Å². The minimum Gasteiger partial charge on any atom is -0.299 e. The number of allylic oxidation sites excluding steroid dienone is 2. The van der Waals surface area contributed by atoms with Crippen molar-refractivity contribution in [1.29, 1.82) is 0 Å². The Morgan fingerprint density at radius 3 is 2.59 bits per heavy atom. The molecule has 4 aliphatic rings. The predicted octanol–water partition coefficient (Wildman–Crippen LogP) is 5.40. The molecule has 0 aliphatic heterocycles. The summed E-state index contributed by atoms with van der Waals surface area (Å²) in [5.74, 6) is 3.34. The van der Waals surface area contributed by atoms with Crippen LogP contribution >= 0.6 is 0 Å². The van der Waals surface area contributed by atoms with E-state index in [1.165, 1.54) is 25.7 Å². The molecule has 0 amide bonds. The highest BCUT2D eigenvalue weighted by atomic mass is 16.1. The van der Waals surface area contributed by atoms with Crippen LogP contribution in [0.3, 0.4) is 0 Å². The maximum atomic E-state index is 12.4. The van der Waals surface area contributed by atoms with E-state index in [9.17, 15) is 4.79 Å². The third kappa shape index (κ3) is 1.59. The van der Waals surface area contributed by atoms with Crippen molar-refractivity contribution in [2.24, 2.45) is 39.9 Å². The average molecular weight is 300 g/mol. The van der Waals surface area contributed by atoms with Gasteiger partial charge < -0.3 is 0 Å². The summed E-state index contributed by atoms with van der Waals surface area (Å²) < 4.78 is 0. The van der Waals surface area contributed by atoms with Gasteiger partial charge in [-0.3, -0.25) is 4.79 Å². The Morgan fingerprint density at radius 1 is 1.05 bits per heavy atom. The molecule has 0 aromatic carbocycles. The van der Waals surface area contributed by atoms with Crippen LogP contribution in [0, 0.1) is 39.9 Å². The lowest BCUT2D eigenvalue weighted by molar-refractivity contribution is -0.176. The molecule has 0 aromatic rings. The van der Waals surface area contributed by atoms with E-state index in [2.05, 4.69) is 39.8 Å². The number of hydrogen-bond donors (Lipinski definition) is 0. The number of Topliss-reactive ketones (excluding diaryl/α,β-unsaturated/α-hetero) is 1. The first-order valence-corrected chi connectivity index (χ1v) is 9.52. The highest BCUT2D eigenvalue weighted by molar-refractivity contribution is 5.84. The smallest absolute Gasteiger partial charge is 0.136 e. The van der Waals surface area contributed by atoms with Gasteiger partial charge >= 0.3 is 0 Å². The molecule has 3 saturated carbocycles. The van der Waals surface area contributed by atoms with Crippen molar-refractivity contribution in [2.75, 3.05) is 0 Å². The number of carbonyl (C=O) groups is 1. The monoisotopic (exact) mass is 300 g/mol. The van der Waals surface area contributed by atoms with E-state index in [0.29, 0.717) is 22.5 Å². The van der Waals surface area contributed by atoms with Gasteiger partial charge in [0.15, 0.2) is 0 Å². The molecule has 4 rings (SSSR count). The fraction of sp³-hybridized carbons (Fsp3) is 0.857. The van der Waals surface area contributed by atoms with E-state index in [-0.39, 0.29) is 5.41 Å². The molecule has 0 bridgehead atoms. The molecule has 7 atom stereocenters. The second-order valence-electron chi connectivity index (χ2n) is 9.63. The first-order valence-electron chi connectivity index (χ1n) is 9.52. The molecule has 1 nitrogen and oxygen atoms in total. The Morgan fingerprint density at radius 2 is 1.82 bits per heavy atom. The summed E-state index contributed by atoms with van der Waals surface area (Å²) in [5.41, 5.74) is 1.10. The minimum absolute atomic E-state index is 0.269. The molecular formula is C21H32O. The summed E-state index contributed by atoms with van der Waals surface area (Å²) in [6.45, 7) is 10.0. The molecule has 0 saturated heterocycles. The van der Waals surface area contributed by atoms with E-state index in [1.807, 2.05) is 0 Å². The summed E-state index contributed by atoms with van der Waals surface area (Å²) in [6.07, 6.45) is 13.3. The van der Waals surface area contributed by atoms with Crippen LogP contribution in [0.1, 0.15) is 72.6 Å². The lowest BCUT2D eigenvalue weighted by atomic mass is 9.38. The van der Waals surface area contributed by atoms with Crippen LogP contribution in [0.25, 0.3) is 0 Å². The van der Waals surface area contributed by atoms with E-state index in [0.717, 1.165) is 37.0 Å². The molecule has 0 unspecified atom stereocenters. The van der Waals surface area contributed by atoms with Crippen molar-refractivity contribution >= 4 is 5.78 Å². The van der Waals surface area contributed by atoms with Crippen molar-refractivity contribution in [3.05, 3.63) is 12.2 Å². The number of hydrogen-bond acceptors (Lipinski definition) is 1. The maximum absolute atomic E-state index is 12.4. The summed E-state index contributed by atoms with van der Waals surface area (Å²) in [4.78, 5) is 12.4. The maximum Gasteiger partial charge on any atom is 0.136 e. The second kappa shape index (κ2) is 4.48. The number of carbonyl (C=O) groups excluding carboxylic acids is 1. The Balaban J connectivity index is 1.78. The quantitative estimate of drug-likeness (QED) is 0.547. The van der Waals surface area contributed by atoms with Gasteiger partial charge in [-0.2, -0.15) is 0 Å². The Hall–Kier alpha value is -0.590. The standard InChI is InChI=1S/C21H32O/c1-14-6-5-11-19(2)15(14)9-12-21(4)18(19)8-7-16-17(22)10-13-20(16,21)3/h5-6,14-16,18H,7-13H2,1-4H3/t14-,15+,16+,18+,19+,20+,21+/m1/s1. The molecule has 0 spiro atoms. The fourth-order valence-electron chi connectivity index (χ4n) is 7.69. The molecule has 0 N–H and O–H groups in total. The van der Waals surface area contributed by atoms with Gasteiger partial charge in [0.05, 0.1) is 0 Å². The van der Waals surface area contributed by atoms with Gasteiger partial charge in [-0.25, -0.2) is 0 Å². The van der Waals surface area contributed by atoms with Gasteiger partial charge in [0, 0.05) is 12.3 Å². The number of ketones is 1. The number of rotatable bonds is 0. The van der Waals surface area contributed by atoms with Crippen molar-refractivity contribution < 1.29 is 4.79 Å². The Bertz CT molecular complexity index is 534. The molecule has 3 fully saturated rings. The first kappa shape index (κ1) is 15.0. The van der Waals surface area contributed by atoms with E-state index < -0.39 is 0 Å². The predicted molar refractivity (Wildman–Crippen MR) is 90.4 cm³/mol. The molecular weight excluding hydrogens is 268 g/mol. The zero-order valence-electron chi connectivity index (χ0n) is 14.8. The lowest BCUT2D eigenvalue weighted by Crippen LogP contribution is -2.60. The van der Waals surface area contributed by atoms with Crippen molar-refractivity contribution in [3.63, 3.8) is 0 Å². The normalized spacial score (nSPS) is 57.2. The van der Waals surface area contributed by atoms with Crippen molar-refractivity contribution in [1.82, 2.24) is 0 Å². The van der Waals surface area contributed by atoms with Crippen LogP contribution in [0.5, 0.6) is 0 Å². The van der Waals surface area contributed by atoms with Crippen LogP contribution in [-0.4, -0.2) is 5.78 Å². The van der Waals surface area contributed by atoms with Crippen molar-refractivity contribution in [2.45, 2.75) is 72.6 Å². The lowest BCUT2D eigenvalue weighted by Gasteiger charge is -2.66. The molecule has 0 radical (unpaired) electrons. The number of fused-ring (bicyclic) bond motifs is 5. The van der Waals surface area contributed by atoms with Crippen LogP contribution < -0.4 is 0 Å². The highest BCUT2D eigenvalue weighted by Crippen LogP contribution is 2.72. The zero-order chi connectivity index (χ0) is 15.8. The SMILES string of the molecule is C[C@@H]1C=CC[C@@]2(C)[C@H]1CC[C@@]1(C)[C@H]2CC[C@H]2C(=O)CC[C@@]21C. The largest absolute Gasteiger partial charge is 0.299 e. The van der Waals surface area contributed by atoms with Gasteiger partial charge in [-0.1, -0.05) is 39.8 Å². The van der Waals surface area contributed by atoms with Gasteiger partial charge in [0.2, 0.25) is 0 Å². The van der Waals surface area contributed by atoms with Crippen LogP contribution in [0.2, 0.25) is 0 Å². The van der Waals surface area contributed by atoms with E-state index in [1.54, 1.807) is 0 Å². The van der Waals surface area contributed by atoms with Crippen LogP contribution in [0.4, 0.5) is 0 Å². The Kier molecular flexibility index (Phi) is 3.05. The summed E-state index contributed by atoms with van der Waals surface area (Å²) in [5, 5.41) is 0. The second-order valence-corrected chi connectivity index (χ2v) is 9.63. The highest BCUT2D eigenvalue weighted by Gasteiger charge is 2.66. The third-order valence-corrected chi connectivity index (χ3v) is 9.12. The Labute approximate surface area is 135 Å². The molecule has 0 aromatic heterocycles. The first-order chi connectivity index (χ1) is 10.3. The summed E-state index contributed by atoms with van der Waals surface area (Å²) >= 11 is 0. The fourth-order valence-corrected chi connectivity index (χ4v) is 7.69. The van der Waals surface area contributed by atoms with Gasteiger partial charge in [-0.15, -0.1) is 0 Å². The van der Waals surface area contributed by atoms with Gasteiger partial charge in [0.1, 0.15) is 5.78 Å². The molecule has 122 valence electrons. The van der Waals surface area contributed by atoms with Crippen LogP contribution in [0.15, 0.2) is 12.2 Å². The van der Waals surface area contributed by atoms with Gasteiger partial charge in [-0.05, 0) is 72.5 Å². The van der Waals surface area contributed by atoms with Gasteiger partial charge in [0.25, 0.3) is 0 Å².